The van der Waals surface area contributed by atoms with Crippen LogP contribution in [0.5, 0.6) is 0 Å². The molecule has 1 N–H and O–H groups in total. The number of H-pyrrole nitrogens is 1. The van der Waals surface area contributed by atoms with Gasteiger partial charge >= 0.3 is 0 Å². The molecule has 0 radical (unpaired) electrons. The molecule has 0 atom stereocenters. The molecule has 0 aromatic carbocycles. The highest BCUT2D eigenvalue weighted by Gasteiger charge is 2.37. The smallest absolute Gasteiger partial charge is 0.172 e. The van der Waals surface area contributed by atoms with E-state index in [-0.39, 0.29) is 5.79 Å². The summed E-state index contributed by atoms with van der Waals surface area (Å²) in [5.74, 6) is -0.379. The van der Waals surface area contributed by atoms with Crippen LogP contribution in [0.4, 0.5) is 0 Å². The number of aromatic nitrogens is 4. The van der Waals surface area contributed by atoms with Crippen molar-refractivity contribution in [2.45, 2.75) is 25.0 Å². The van der Waals surface area contributed by atoms with Crippen molar-refractivity contribution in [3.63, 3.8) is 0 Å². The molecule has 1 saturated heterocycles. The predicted molar refractivity (Wildman–Crippen MR) is 94.8 cm³/mol. The first-order valence-electron chi connectivity index (χ1n) is 8.66. The summed E-state index contributed by atoms with van der Waals surface area (Å²) < 4.78 is 13.4. The molecule has 5 rings (SSSR count). The maximum Gasteiger partial charge on any atom is 0.172 e. The van der Waals surface area contributed by atoms with Crippen LogP contribution in [0.3, 0.4) is 0 Å². The average molecular weight is 336 g/mol. The second kappa shape index (κ2) is 5.54. The van der Waals surface area contributed by atoms with Crippen molar-refractivity contribution in [3.05, 3.63) is 42.5 Å². The molecule has 25 heavy (non-hydrogen) atoms. The molecule has 6 nitrogen and oxygen atoms in total. The number of allylic oxidation sites excluding steroid dienone is 1. The van der Waals surface area contributed by atoms with Crippen molar-refractivity contribution in [2.75, 3.05) is 13.2 Å². The molecule has 3 aromatic heterocycles. The van der Waals surface area contributed by atoms with Crippen LogP contribution in [0.1, 0.15) is 24.8 Å². The van der Waals surface area contributed by atoms with Crippen molar-refractivity contribution in [1.29, 1.82) is 0 Å². The molecule has 2 aliphatic rings. The molecule has 1 fully saturated rings. The highest BCUT2D eigenvalue weighted by molar-refractivity contribution is 5.94. The minimum atomic E-state index is -0.379. The lowest BCUT2D eigenvalue weighted by Gasteiger charge is -2.30. The Morgan fingerprint density at radius 1 is 1.20 bits per heavy atom. The van der Waals surface area contributed by atoms with Crippen molar-refractivity contribution < 1.29 is 9.47 Å². The first kappa shape index (κ1) is 14.9. The standard InChI is InChI=1S/C19H20N4O2/c1-23-12-15(10-22-23)17-11-21-18-16(17)8-14(9-20-18)13-2-4-19(5-3-13)24-6-7-25-19/h2,8-12H,3-7H2,1H3,(H,20,21). The molecule has 0 amide bonds. The van der Waals surface area contributed by atoms with E-state index in [1.54, 1.807) is 0 Å². The summed E-state index contributed by atoms with van der Waals surface area (Å²) in [6.45, 7) is 1.41. The third-order valence-corrected chi connectivity index (χ3v) is 5.17. The summed E-state index contributed by atoms with van der Waals surface area (Å²) in [7, 11) is 1.93. The van der Waals surface area contributed by atoms with Crippen LogP contribution in [-0.4, -0.2) is 38.7 Å². The van der Waals surface area contributed by atoms with Crippen LogP contribution >= 0.6 is 0 Å². The van der Waals surface area contributed by atoms with Gasteiger partial charge in [0.2, 0.25) is 0 Å². The Labute approximate surface area is 145 Å². The van der Waals surface area contributed by atoms with E-state index in [2.05, 4.69) is 27.2 Å². The van der Waals surface area contributed by atoms with E-state index in [1.165, 1.54) is 11.1 Å². The van der Waals surface area contributed by atoms with Crippen LogP contribution < -0.4 is 0 Å². The fourth-order valence-electron chi connectivity index (χ4n) is 3.81. The van der Waals surface area contributed by atoms with Crippen LogP contribution in [0.2, 0.25) is 0 Å². The van der Waals surface area contributed by atoms with Crippen molar-refractivity contribution in [3.8, 4) is 11.1 Å². The van der Waals surface area contributed by atoms with Gasteiger partial charge in [0.05, 0.1) is 19.4 Å². The largest absolute Gasteiger partial charge is 0.347 e. The Hall–Kier alpha value is -2.44. The molecule has 1 aliphatic heterocycles. The van der Waals surface area contributed by atoms with Crippen LogP contribution in [-0.2, 0) is 16.5 Å². The van der Waals surface area contributed by atoms with Gasteiger partial charge < -0.3 is 14.5 Å². The highest BCUT2D eigenvalue weighted by atomic mass is 16.7. The minimum absolute atomic E-state index is 0.379. The van der Waals surface area contributed by atoms with Gasteiger partial charge in [-0.15, -0.1) is 0 Å². The Morgan fingerprint density at radius 3 is 2.80 bits per heavy atom. The Bertz CT molecular complexity index is 963. The molecule has 6 heteroatoms. The normalized spacial score (nSPS) is 19.6. The van der Waals surface area contributed by atoms with Crippen molar-refractivity contribution in [2.24, 2.45) is 7.05 Å². The Morgan fingerprint density at radius 2 is 2.08 bits per heavy atom. The third-order valence-electron chi connectivity index (χ3n) is 5.17. The van der Waals surface area contributed by atoms with E-state index in [0.29, 0.717) is 13.2 Å². The van der Waals surface area contributed by atoms with Gasteiger partial charge in [0.15, 0.2) is 5.79 Å². The molecular formula is C19H20N4O2. The van der Waals surface area contributed by atoms with Gasteiger partial charge in [0, 0.05) is 55.0 Å². The van der Waals surface area contributed by atoms with Crippen molar-refractivity contribution >= 4 is 16.6 Å². The summed E-state index contributed by atoms with van der Waals surface area (Å²) >= 11 is 0. The first-order chi connectivity index (χ1) is 12.2. The summed E-state index contributed by atoms with van der Waals surface area (Å²) in [5.41, 5.74) is 5.62. The summed E-state index contributed by atoms with van der Waals surface area (Å²) in [5, 5.41) is 5.40. The van der Waals surface area contributed by atoms with Crippen LogP contribution in [0.25, 0.3) is 27.7 Å². The number of nitrogens with zero attached hydrogens (tertiary/aromatic N) is 3. The van der Waals surface area contributed by atoms with Gasteiger partial charge in [-0.25, -0.2) is 4.98 Å². The van der Waals surface area contributed by atoms with E-state index in [1.807, 2.05) is 36.5 Å². The zero-order chi connectivity index (χ0) is 16.9. The number of aryl methyl sites for hydroxylation is 1. The third kappa shape index (κ3) is 2.49. The first-order valence-corrected chi connectivity index (χ1v) is 8.66. The molecule has 0 bridgehead atoms. The fourth-order valence-corrected chi connectivity index (χ4v) is 3.81. The number of fused-ring (bicyclic) bond motifs is 1. The summed E-state index contributed by atoms with van der Waals surface area (Å²) in [4.78, 5) is 7.87. The quantitative estimate of drug-likeness (QED) is 0.780. The molecule has 3 aromatic rings. The number of hydrogen-bond acceptors (Lipinski definition) is 4. The minimum Gasteiger partial charge on any atom is -0.347 e. The Balaban J connectivity index is 1.51. The lowest BCUT2D eigenvalue weighted by Crippen LogP contribution is -2.31. The topological polar surface area (TPSA) is 65.0 Å². The molecular weight excluding hydrogens is 316 g/mol. The zero-order valence-electron chi connectivity index (χ0n) is 14.2. The van der Waals surface area contributed by atoms with Crippen molar-refractivity contribution in [1.82, 2.24) is 19.7 Å². The van der Waals surface area contributed by atoms with E-state index in [0.717, 1.165) is 41.4 Å². The molecule has 1 spiro atoms. The second-order valence-corrected chi connectivity index (χ2v) is 6.77. The fraction of sp³-hybridized carbons (Fsp3) is 0.368. The van der Waals surface area contributed by atoms with Gasteiger partial charge in [-0.1, -0.05) is 6.08 Å². The molecule has 0 saturated carbocycles. The molecule has 1 aliphatic carbocycles. The molecule has 128 valence electrons. The SMILES string of the molecule is Cn1cc(-c2c[nH]c3ncc(C4=CCC5(CC4)OCCO5)cc23)cn1. The van der Waals surface area contributed by atoms with Gasteiger partial charge in [-0.3, -0.25) is 4.68 Å². The number of nitrogens with one attached hydrogen (secondary N) is 1. The maximum absolute atomic E-state index is 5.81. The zero-order valence-corrected chi connectivity index (χ0v) is 14.2. The summed E-state index contributed by atoms with van der Waals surface area (Å²) in [6.07, 6.45) is 12.8. The van der Waals surface area contributed by atoms with E-state index < -0.39 is 0 Å². The number of pyridine rings is 1. The van der Waals surface area contributed by atoms with Gasteiger partial charge in [-0.2, -0.15) is 5.10 Å². The predicted octanol–water partition coefficient (Wildman–Crippen LogP) is 3.27. The van der Waals surface area contributed by atoms with Crippen LogP contribution in [0.15, 0.2) is 36.9 Å². The van der Waals surface area contributed by atoms with Gasteiger partial charge in [0.25, 0.3) is 0 Å². The second-order valence-electron chi connectivity index (χ2n) is 6.77. The lowest BCUT2D eigenvalue weighted by molar-refractivity contribution is -0.159. The number of ether oxygens (including phenoxy) is 2. The van der Waals surface area contributed by atoms with E-state index in [4.69, 9.17) is 9.47 Å². The van der Waals surface area contributed by atoms with Crippen LogP contribution in [0, 0.1) is 0 Å². The van der Waals surface area contributed by atoms with E-state index >= 15 is 0 Å². The number of rotatable bonds is 2. The van der Waals surface area contributed by atoms with Gasteiger partial charge in [0.1, 0.15) is 5.65 Å². The molecule has 4 heterocycles. The highest BCUT2D eigenvalue weighted by Crippen LogP contribution is 2.39. The number of hydrogen-bond donors (Lipinski definition) is 1. The average Bonchev–Trinajstić information content (AvgIpc) is 3.35. The number of aromatic amines is 1. The lowest BCUT2D eigenvalue weighted by atomic mass is 9.90. The summed E-state index contributed by atoms with van der Waals surface area (Å²) in [6, 6.07) is 2.22. The Kier molecular flexibility index (Phi) is 3.29. The van der Waals surface area contributed by atoms with Gasteiger partial charge in [-0.05, 0) is 23.6 Å². The molecule has 0 unspecified atom stereocenters. The van der Waals surface area contributed by atoms with E-state index in [9.17, 15) is 0 Å². The maximum atomic E-state index is 5.81. The monoisotopic (exact) mass is 336 g/mol.